The van der Waals surface area contributed by atoms with E-state index >= 15 is 0 Å². The highest BCUT2D eigenvalue weighted by molar-refractivity contribution is 6.04. The second-order valence-corrected chi connectivity index (χ2v) is 6.99. The molecule has 1 heterocycles. The minimum Gasteiger partial charge on any atom is -0.488 e. The number of benzene rings is 2. The van der Waals surface area contributed by atoms with Gasteiger partial charge in [-0.1, -0.05) is 13.8 Å². The van der Waals surface area contributed by atoms with Gasteiger partial charge in [-0.15, -0.1) is 4.91 Å². The molecule has 180 valence electrons. The Morgan fingerprint density at radius 3 is 2.29 bits per heavy atom. The lowest BCUT2D eigenvalue weighted by Crippen LogP contribution is -2.18. The third-order valence-corrected chi connectivity index (χ3v) is 4.25. The first-order valence-corrected chi connectivity index (χ1v) is 10.7. The number of hydrogen-bond acceptors (Lipinski definition) is 7. The van der Waals surface area contributed by atoms with Crippen LogP contribution in [-0.4, -0.2) is 41.8 Å². The van der Waals surface area contributed by atoms with Crippen molar-refractivity contribution in [1.82, 2.24) is 10.2 Å². The van der Waals surface area contributed by atoms with E-state index in [0.717, 1.165) is 5.69 Å². The van der Waals surface area contributed by atoms with Crippen molar-refractivity contribution in [3.8, 4) is 17.2 Å². The summed E-state index contributed by atoms with van der Waals surface area (Å²) in [6.45, 7) is 8.02. The molecular weight excluding hydrogens is 440 g/mol. The molecule has 10 heteroatoms. The van der Waals surface area contributed by atoms with Gasteiger partial charge in [-0.05, 0) is 50.2 Å². The highest BCUT2D eigenvalue weighted by Gasteiger charge is 2.14. The monoisotopic (exact) mass is 468 g/mol. The van der Waals surface area contributed by atoms with Gasteiger partial charge in [0.2, 0.25) is 0 Å². The fraction of sp³-hybridized carbons (Fsp3) is 0.292. The highest BCUT2D eigenvalue weighted by atomic mass is 16.5. The fourth-order valence-corrected chi connectivity index (χ4v) is 2.86. The Balaban J connectivity index is 0.00000199. The van der Waals surface area contributed by atoms with Gasteiger partial charge in [0.15, 0.2) is 5.82 Å². The molecule has 0 saturated carbocycles. The van der Waals surface area contributed by atoms with E-state index in [1.165, 1.54) is 24.3 Å². The number of anilines is 1. The summed E-state index contributed by atoms with van der Waals surface area (Å²) in [7, 11) is 1.57. The summed E-state index contributed by atoms with van der Waals surface area (Å²) in [6.07, 6.45) is -0.263. The number of amides is 2. The lowest BCUT2D eigenvalue weighted by Gasteiger charge is -2.16. The summed E-state index contributed by atoms with van der Waals surface area (Å²) in [5.41, 5.74) is 1.24. The van der Waals surface area contributed by atoms with E-state index in [0.29, 0.717) is 35.2 Å². The molecule has 0 aliphatic heterocycles. The topological polar surface area (TPSA) is 132 Å². The summed E-state index contributed by atoms with van der Waals surface area (Å²) in [5, 5.41) is 11.9. The van der Waals surface area contributed by atoms with Crippen molar-refractivity contribution < 1.29 is 23.8 Å². The van der Waals surface area contributed by atoms with Gasteiger partial charge in [-0.25, -0.2) is 0 Å². The lowest BCUT2D eigenvalue weighted by molar-refractivity contribution is 0.0915. The second-order valence-electron chi connectivity index (χ2n) is 6.99. The van der Waals surface area contributed by atoms with Gasteiger partial charge in [0.25, 0.3) is 5.91 Å². The lowest BCUT2D eigenvalue weighted by atomic mass is 10.1. The molecule has 3 aromatic rings. The number of nitrogens with zero attached hydrogens (tertiary/aromatic N) is 2. The Morgan fingerprint density at radius 2 is 1.71 bits per heavy atom. The number of aromatic nitrogens is 2. The average Bonchev–Trinajstić information content (AvgIpc) is 3.24. The predicted octanol–water partition coefficient (Wildman–Crippen LogP) is 5.11. The predicted molar refractivity (Wildman–Crippen MR) is 128 cm³/mol. The van der Waals surface area contributed by atoms with Crippen LogP contribution >= 0.6 is 0 Å². The molecule has 1 unspecified atom stereocenters. The van der Waals surface area contributed by atoms with E-state index in [1.54, 1.807) is 31.4 Å². The van der Waals surface area contributed by atoms with Gasteiger partial charge < -0.3 is 19.5 Å². The quantitative estimate of drug-likeness (QED) is 0.417. The summed E-state index contributed by atoms with van der Waals surface area (Å²) < 4.78 is 16.8. The molecule has 2 N–H and O–H groups in total. The van der Waals surface area contributed by atoms with Crippen LogP contribution in [0.15, 0.2) is 53.7 Å². The van der Waals surface area contributed by atoms with Crippen LogP contribution in [0, 0.1) is 11.8 Å². The zero-order valence-electron chi connectivity index (χ0n) is 19.7. The molecule has 1 aromatic heterocycles. The Hall–Kier alpha value is -4.05. The summed E-state index contributed by atoms with van der Waals surface area (Å²) >= 11 is 0. The van der Waals surface area contributed by atoms with E-state index < -0.39 is 11.8 Å². The molecule has 0 spiro atoms. The molecule has 0 radical (unpaired) electrons. The molecule has 0 saturated heterocycles. The van der Waals surface area contributed by atoms with Crippen LogP contribution in [-0.2, 0) is 4.74 Å². The molecule has 10 nitrogen and oxygen atoms in total. The Bertz CT molecular complexity index is 1110. The number of methoxy groups -OCH3 is 1. The van der Waals surface area contributed by atoms with E-state index in [4.69, 9.17) is 14.2 Å². The number of carbonyl (C=O) groups is 2. The summed E-state index contributed by atoms with van der Waals surface area (Å²) in [5.74, 6) is 0.258. The van der Waals surface area contributed by atoms with Crippen molar-refractivity contribution >= 4 is 17.6 Å². The van der Waals surface area contributed by atoms with Crippen molar-refractivity contribution in [3.63, 3.8) is 0 Å². The number of nitrogens with one attached hydrogen (secondary N) is 2. The van der Waals surface area contributed by atoms with Crippen LogP contribution in [0.5, 0.6) is 17.2 Å². The largest absolute Gasteiger partial charge is 0.488 e. The van der Waals surface area contributed by atoms with Crippen molar-refractivity contribution in [2.45, 2.75) is 33.8 Å². The molecule has 3 rings (SSSR count). The van der Waals surface area contributed by atoms with E-state index in [2.05, 4.69) is 20.7 Å². The van der Waals surface area contributed by atoms with Crippen LogP contribution in [0.25, 0.3) is 0 Å². The molecule has 0 aliphatic rings. The maximum absolute atomic E-state index is 12.8. The number of ether oxygens (including phenoxy) is 3. The minimum absolute atomic E-state index is 0.146. The maximum atomic E-state index is 12.8. The van der Waals surface area contributed by atoms with Crippen LogP contribution in [0.4, 0.5) is 5.82 Å². The fourth-order valence-electron chi connectivity index (χ4n) is 2.86. The number of H-pyrrole nitrogens is 1. The first kappa shape index (κ1) is 26.2. The zero-order chi connectivity index (χ0) is 25.1. The molecule has 2 amide bonds. The smallest absolute Gasteiger partial charge is 0.316 e. The number of aromatic amines is 1. The maximum Gasteiger partial charge on any atom is 0.316 e. The van der Waals surface area contributed by atoms with Gasteiger partial charge in [0, 0.05) is 41.2 Å². The van der Waals surface area contributed by atoms with Crippen molar-refractivity contribution in [2.75, 3.05) is 19.0 Å². The average molecular weight is 469 g/mol. The first-order chi connectivity index (χ1) is 16.4. The van der Waals surface area contributed by atoms with Crippen LogP contribution in [0.1, 0.15) is 47.2 Å². The van der Waals surface area contributed by atoms with Gasteiger partial charge in [-0.2, -0.15) is 5.10 Å². The van der Waals surface area contributed by atoms with E-state index in [9.17, 15) is 14.5 Å². The number of aryl methyl sites for hydroxylation is 1. The Morgan fingerprint density at radius 1 is 1.03 bits per heavy atom. The number of rotatable bonds is 9. The van der Waals surface area contributed by atoms with Gasteiger partial charge in [0.05, 0.1) is 6.61 Å². The molecule has 0 bridgehead atoms. The van der Waals surface area contributed by atoms with E-state index in [-0.39, 0.29) is 11.7 Å². The molecule has 2 aromatic carbocycles. The van der Waals surface area contributed by atoms with Crippen LogP contribution < -0.4 is 14.8 Å². The van der Waals surface area contributed by atoms with E-state index in [1.807, 2.05) is 27.7 Å². The van der Waals surface area contributed by atoms with Crippen LogP contribution in [0.3, 0.4) is 0 Å². The number of hydrogen-bond donors (Lipinski definition) is 2. The molecule has 0 fully saturated rings. The third kappa shape index (κ3) is 7.52. The standard InChI is InChI=1S/C22H22N4O6.C2H6/c1-13-8-20(25-24-13)23-21(27)16-9-18(31-14(2)12-30-3)11-19(10-16)32-17-6-4-15(5-7-17)22(28)26-29;1-2/h4-11,14H,12H2,1-3H3,(H2,23,24,25,27);1-2H3. The van der Waals surface area contributed by atoms with Gasteiger partial charge >= 0.3 is 5.91 Å². The molecular formula is C24H28N4O6. The van der Waals surface area contributed by atoms with Gasteiger partial charge in [-0.3, -0.25) is 14.7 Å². The summed E-state index contributed by atoms with van der Waals surface area (Å²) in [6, 6.07) is 12.4. The SMILES string of the molecule is CC.COCC(C)Oc1cc(Oc2ccc(C(=O)N=O)cc2)cc(C(=O)Nc2cc(C)[nH]n2)c1. The van der Waals surface area contributed by atoms with Crippen molar-refractivity contribution in [2.24, 2.45) is 5.18 Å². The minimum atomic E-state index is -0.869. The highest BCUT2D eigenvalue weighted by Crippen LogP contribution is 2.29. The van der Waals surface area contributed by atoms with Crippen molar-refractivity contribution in [1.29, 1.82) is 0 Å². The number of nitroso groups, excluding NO2 is 1. The Labute approximate surface area is 197 Å². The Kier molecular flexibility index (Phi) is 9.90. The molecule has 34 heavy (non-hydrogen) atoms. The summed E-state index contributed by atoms with van der Waals surface area (Å²) in [4.78, 5) is 34.5. The normalized spacial score (nSPS) is 11.0. The molecule has 0 aliphatic carbocycles. The molecule has 1 atom stereocenters. The number of carbonyl (C=O) groups excluding carboxylic acids is 2. The third-order valence-electron chi connectivity index (χ3n) is 4.25. The second kappa shape index (κ2) is 12.9. The first-order valence-electron chi connectivity index (χ1n) is 10.7. The van der Waals surface area contributed by atoms with Crippen molar-refractivity contribution in [3.05, 3.63) is 70.3 Å². The van der Waals surface area contributed by atoms with Gasteiger partial charge in [0.1, 0.15) is 23.4 Å². The zero-order valence-corrected chi connectivity index (χ0v) is 19.7. The van der Waals surface area contributed by atoms with Crippen LogP contribution in [0.2, 0.25) is 0 Å².